The van der Waals surface area contributed by atoms with Crippen LogP contribution in [0.15, 0.2) is 54.6 Å². The van der Waals surface area contributed by atoms with Crippen LogP contribution in [0.2, 0.25) is 0 Å². The number of rotatable bonds is 6. The topological polar surface area (TPSA) is 94.8 Å². The van der Waals surface area contributed by atoms with Gasteiger partial charge < -0.3 is 15.3 Å². The van der Waals surface area contributed by atoms with Crippen molar-refractivity contribution in [2.45, 2.75) is 6.42 Å². The summed E-state index contributed by atoms with van der Waals surface area (Å²) in [6.07, 6.45) is 5.31. The van der Waals surface area contributed by atoms with Crippen LogP contribution in [0.5, 0.6) is 17.2 Å². The van der Waals surface area contributed by atoms with Gasteiger partial charge in [0.25, 0.3) is 0 Å². The molecule has 2 aromatic rings. The summed E-state index contributed by atoms with van der Waals surface area (Å²) in [6.45, 7) is 0. The molecule has 0 saturated heterocycles. The summed E-state index contributed by atoms with van der Waals surface area (Å²) < 4.78 is 0. The number of benzene rings is 2. The summed E-state index contributed by atoms with van der Waals surface area (Å²) in [5, 5.41) is 27.7. The number of carbonyl (C=O) groups is 2. The van der Waals surface area contributed by atoms with Gasteiger partial charge in [-0.25, -0.2) is 0 Å². The maximum atomic E-state index is 11.7. The number of allylic oxidation sites excluding steroid dienone is 2. The van der Waals surface area contributed by atoms with Crippen molar-refractivity contribution in [1.29, 1.82) is 0 Å². The maximum absolute atomic E-state index is 11.7. The van der Waals surface area contributed by atoms with Crippen LogP contribution in [0.3, 0.4) is 0 Å². The predicted molar refractivity (Wildman–Crippen MR) is 90.6 cm³/mol. The van der Waals surface area contributed by atoms with E-state index >= 15 is 0 Å². The molecule has 0 saturated carbocycles. The first-order valence-corrected chi connectivity index (χ1v) is 7.17. The van der Waals surface area contributed by atoms with E-state index in [-0.39, 0.29) is 35.2 Å². The molecule has 3 N–H and O–H groups in total. The number of hydrogen-bond acceptors (Lipinski definition) is 5. The second kappa shape index (κ2) is 7.78. The molecular weight excluding hydrogens is 308 g/mol. The zero-order valence-corrected chi connectivity index (χ0v) is 12.7. The van der Waals surface area contributed by atoms with E-state index in [1.165, 1.54) is 48.6 Å². The largest absolute Gasteiger partial charge is 0.508 e. The first kappa shape index (κ1) is 17.0. The molecule has 24 heavy (non-hydrogen) atoms. The smallest absolute Gasteiger partial charge is 0.163 e. The molecule has 0 amide bonds. The van der Waals surface area contributed by atoms with E-state index in [9.17, 15) is 19.8 Å². The maximum Gasteiger partial charge on any atom is 0.163 e. The second-order valence-electron chi connectivity index (χ2n) is 5.12. The minimum Gasteiger partial charge on any atom is -0.508 e. The molecule has 0 aliphatic carbocycles. The molecule has 5 nitrogen and oxygen atoms in total. The van der Waals surface area contributed by atoms with Crippen LogP contribution in [0, 0.1) is 0 Å². The van der Waals surface area contributed by atoms with Crippen LogP contribution in [0.1, 0.15) is 17.5 Å². The number of phenolic OH excluding ortho intramolecular Hbond substituents is 3. The zero-order valence-electron chi connectivity index (χ0n) is 12.7. The van der Waals surface area contributed by atoms with Gasteiger partial charge in [-0.1, -0.05) is 30.4 Å². The van der Waals surface area contributed by atoms with E-state index in [1.54, 1.807) is 18.2 Å². The zero-order chi connectivity index (χ0) is 17.5. The highest BCUT2D eigenvalue weighted by atomic mass is 16.3. The summed E-state index contributed by atoms with van der Waals surface area (Å²) in [7, 11) is 0. The monoisotopic (exact) mass is 324 g/mol. The molecule has 0 atom stereocenters. The number of phenols is 3. The summed E-state index contributed by atoms with van der Waals surface area (Å²) in [6, 6.07) is 10.5. The quantitative estimate of drug-likeness (QED) is 0.431. The van der Waals surface area contributed by atoms with E-state index in [4.69, 9.17) is 5.11 Å². The van der Waals surface area contributed by atoms with Crippen LogP contribution < -0.4 is 0 Å². The third-order valence-electron chi connectivity index (χ3n) is 3.16. The minimum absolute atomic E-state index is 0.138. The third-order valence-corrected chi connectivity index (χ3v) is 3.16. The van der Waals surface area contributed by atoms with E-state index in [0.29, 0.717) is 5.56 Å². The lowest BCUT2D eigenvalue weighted by molar-refractivity contribution is -0.121. The number of hydrogen-bond donors (Lipinski definition) is 3. The molecule has 0 fully saturated rings. The van der Waals surface area contributed by atoms with Gasteiger partial charge in [0.15, 0.2) is 23.1 Å². The van der Waals surface area contributed by atoms with Crippen molar-refractivity contribution < 1.29 is 24.9 Å². The molecule has 0 spiro atoms. The Balaban J connectivity index is 1.91. The van der Waals surface area contributed by atoms with Gasteiger partial charge in [-0.3, -0.25) is 9.59 Å². The molecule has 5 heteroatoms. The van der Waals surface area contributed by atoms with Crippen molar-refractivity contribution in [3.63, 3.8) is 0 Å². The van der Waals surface area contributed by atoms with Crippen LogP contribution in [0.25, 0.3) is 12.2 Å². The lowest BCUT2D eigenvalue weighted by atomic mass is 10.1. The van der Waals surface area contributed by atoms with Crippen molar-refractivity contribution in [3.05, 3.63) is 65.7 Å². The Kier molecular flexibility index (Phi) is 5.52. The van der Waals surface area contributed by atoms with Crippen molar-refractivity contribution in [2.24, 2.45) is 0 Å². The number of ketones is 2. The molecule has 0 unspecified atom stereocenters. The summed E-state index contributed by atoms with van der Waals surface area (Å²) in [4.78, 5) is 23.5. The van der Waals surface area contributed by atoms with E-state index in [2.05, 4.69) is 0 Å². The molecule has 0 aliphatic heterocycles. The van der Waals surface area contributed by atoms with Gasteiger partial charge in [0, 0.05) is 0 Å². The van der Waals surface area contributed by atoms with E-state index < -0.39 is 0 Å². The summed E-state index contributed by atoms with van der Waals surface area (Å²) in [5.74, 6) is -1.10. The standard InChI is InChI=1S/C19H16O5/c20-15-6-1-13(2-7-15)3-8-16(21)12-17(22)9-4-14-5-10-18(23)19(24)11-14/h1-11,20,23-24H,12H2. The number of carbonyl (C=O) groups excluding carboxylic acids is 2. The average Bonchev–Trinajstić information content (AvgIpc) is 2.55. The van der Waals surface area contributed by atoms with Gasteiger partial charge in [0.1, 0.15) is 5.75 Å². The molecule has 0 aliphatic rings. The van der Waals surface area contributed by atoms with Gasteiger partial charge in [0.05, 0.1) is 6.42 Å². The Labute approximate surface area is 138 Å². The van der Waals surface area contributed by atoms with Gasteiger partial charge in [-0.15, -0.1) is 0 Å². The lowest BCUT2D eigenvalue weighted by Gasteiger charge is -1.98. The minimum atomic E-state index is -0.372. The highest BCUT2D eigenvalue weighted by Crippen LogP contribution is 2.25. The molecule has 0 heterocycles. The highest BCUT2D eigenvalue weighted by molar-refractivity contribution is 6.10. The Hall–Kier alpha value is -3.34. The molecule has 0 radical (unpaired) electrons. The van der Waals surface area contributed by atoms with E-state index in [0.717, 1.165) is 5.56 Å². The molecular formula is C19H16O5. The van der Waals surface area contributed by atoms with Gasteiger partial charge >= 0.3 is 0 Å². The fourth-order valence-electron chi connectivity index (χ4n) is 1.90. The van der Waals surface area contributed by atoms with Crippen LogP contribution >= 0.6 is 0 Å². The molecule has 122 valence electrons. The first-order chi connectivity index (χ1) is 11.4. The summed E-state index contributed by atoms with van der Waals surface area (Å²) in [5.41, 5.74) is 1.27. The van der Waals surface area contributed by atoms with Gasteiger partial charge in [0.2, 0.25) is 0 Å². The van der Waals surface area contributed by atoms with Gasteiger partial charge in [-0.05, 0) is 47.5 Å². The Bertz CT molecular complexity index is 801. The fourth-order valence-corrected chi connectivity index (χ4v) is 1.90. The molecule has 0 aromatic heterocycles. The molecule has 0 bridgehead atoms. The SMILES string of the molecule is O=C(C=Cc1ccc(O)cc1)CC(=O)C=Cc1ccc(O)c(O)c1. The number of aromatic hydroxyl groups is 3. The normalized spacial score (nSPS) is 11.2. The molecule has 2 rings (SSSR count). The van der Waals surface area contributed by atoms with E-state index in [1.807, 2.05) is 0 Å². The predicted octanol–water partition coefficient (Wildman–Crippen LogP) is 3.06. The Morgan fingerprint density at radius 2 is 1.29 bits per heavy atom. The average molecular weight is 324 g/mol. The second-order valence-corrected chi connectivity index (χ2v) is 5.12. The van der Waals surface area contributed by atoms with Crippen molar-refractivity contribution in [3.8, 4) is 17.2 Å². The highest BCUT2D eigenvalue weighted by Gasteiger charge is 2.04. The van der Waals surface area contributed by atoms with Crippen LogP contribution in [-0.2, 0) is 9.59 Å². The first-order valence-electron chi connectivity index (χ1n) is 7.17. The van der Waals surface area contributed by atoms with Gasteiger partial charge in [-0.2, -0.15) is 0 Å². The van der Waals surface area contributed by atoms with Crippen molar-refractivity contribution in [1.82, 2.24) is 0 Å². The third kappa shape index (κ3) is 5.14. The Morgan fingerprint density at radius 1 is 0.750 bits per heavy atom. The fraction of sp³-hybridized carbons (Fsp3) is 0.0526. The van der Waals surface area contributed by atoms with Crippen molar-refractivity contribution in [2.75, 3.05) is 0 Å². The summed E-state index contributed by atoms with van der Waals surface area (Å²) >= 11 is 0. The Morgan fingerprint density at radius 3 is 1.88 bits per heavy atom. The van der Waals surface area contributed by atoms with Crippen LogP contribution in [-0.4, -0.2) is 26.9 Å². The molecule has 2 aromatic carbocycles. The lowest BCUT2D eigenvalue weighted by Crippen LogP contribution is -2.01. The van der Waals surface area contributed by atoms with Crippen LogP contribution in [0.4, 0.5) is 0 Å². The van der Waals surface area contributed by atoms with Crippen molar-refractivity contribution >= 4 is 23.7 Å².